The first-order valence-corrected chi connectivity index (χ1v) is 8.00. The Bertz CT molecular complexity index is 240. The fourth-order valence-electron chi connectivity index (χ4n) is 1.08. The second-order valence-corrected chi connectivity index (χ2v) is 5.65. The molecule has 0 aromatic rings. The van der Waals surface area contributed by atoms with Gasteiger partial charge in [-0.05, 0) is 24.2 Å². The Kier molecular flexibility index (Phi) is 10.2. The third kappa shape index (κ3) is 9.17. The largest absolute Gasteiger partial charge is 0.480 e. The number of urea groups is 1. The van der Waals surface area contributed by atoms with Crippen molar-refractivity contribution in [2.24, 2.45) is 0 Å². The van der Waals surface area contributed by atoms with Gasteiger partial charge in [0.05, 0.1) is 0 Å². The molecule has 5 nitrogen and oxygen atoms in total. The van der Waals surface area contributed by atoms with Crippen molar-refractivity contribution in [2.45, 2.75) is 19.4 Å². The summed E-state index contributed by atoms with van der Waals surface area (Å²) in [6.45, 7) is 2.60. The maximum absolute atomic E-state index is 11.4. The van der Waals surface area contributed by atoms with E-state index in [0.29, 0.717) is 18.7 Å². The van der Waals surface area contributed by atoms with Crippen LogP contribution in [0.1, 0.15) is 13.3 Å². The summed E-state index contributed by atoms with van der Waals surface area (Å²) in [7, 11) is 0. The van der Waals surface area contributed by atoms with Crippen LogP contribution in [0.4, 0.5) is 4.79 Å². The van der Waals surface area contributed by atoms with Crippen LogP contribution in [0.15, 0.2) is 0 Å². The van der Waals surface area contributed by atoms with E-state index in [9.17, 15) is 9.59 Å². The molecule has 0 aliphatic heterocycles. The van der Waals surface area contributed by atoms with Gasteiger partial charge in [-0.25, -0.2) is 9.59 Å². The number of hydrogen-bond donors (Lipinski definition) is 3. The Labute approximate surface area is 110 Å². The lowest BCUT2D eigenvalue weighted by Gasteiger charge is -2.14. The zero-order chi connectivity index (χ0) is 13.1. The van der Waals surface area contributed by atoms with E-state index < -0.39 is 18.0 Å². The van der Waals surface area contributed by atoms with E-state index in [1.165, 1.54) is 0 Å². The minimum Gasteiger partial charge on any atom is -0.480 e. The van der Waals surface area contributed by atoms with E-state index in [0.717, 1.165) is 11.5 Å². The van der Waals surface area contributed by atoms with E-state index >= 15 is 0 Å². The van der Waals surface area contributed by atoms with Crippen molar-refractivity contribution in [1.29, 1.82) is 0 Å². The maximum atomic E-state index is 11.4. The van der Waals surface area contributed by atoms with Crippen molar-refractivity contribution in [3.8, 4) is 0 Å². The Morgan fingerprint density at radius 1 is 1.35 bits per heavy atom. The fourth-order valence-corrected chi connectivity index (χ4v) is 2.09. The number of carbonyl (C=O) groups is 2. The average molecular weight is 280 g/mol. The lowest BCUT2D eigenvalue weighted by atomic mass is 10.2. The van der Waals surface area contributed by atoms with Crippen LogP contribution in [-0.2, 0) is 4.79 Å². The maximum Gasteiger partial charge on any atom is 0.326 e. The topological polar surface area (TPSA) is 78.4 Å². The van der Waals surface area contributed by atoms with Crippen LogP contribution < -0.4 is 10.6 Å². The van der Waals surface area contributed by atoms with Crippen LogP contribution in [0.2, 0.25) is 0 Å². The monoisotopic (exact) mass is 280 g/mol. The summed E-state index contributed by atoms with van der Waals surface area (Å²) in [6.07, 6.45) is 2.34. The van der Waals surface area contributed by atoms with E-state index in [1.807, 2.05) is 13.2 Å². The number of carboxylic acids is 1. The third-order valence-corrected chi connectivity index (χ3v) is 3.50. The SMILES string of the molecule is CCSCCNC(=O)NC(CCSC)C(=O)O. The van der Waals surface area contributed by atoms with Gasteiger partial charge in [0.1, 0.15) is 6.04 Å². The summed E-state index contributed by atoms with van der Waals surface area (Å²) in [5, 5.41) is 14.0. The minimum atomic E-state index is -0.989. The highest BCUT2D eigenvalue weighted by atomic mass is 32.2. The number of nitrogens with one attached hydrogen (secondary N) is 2. The molecular formula is C10H20N2O3S2. The van der Waals surface area contributed by atoms with Crippen LogP contribution in [-0.4, -0.2) is 53.2 Å². The van der Waals surface area contributed by atoms with Crippen molar-refractivity contribution >= 4 is 35.5 Å². The summed E-state index contributed by atoms with van der Waals surface area (Å²) in [4.78, 5) is 22.2. The smallest absolute Gasteiger partial charge is 0.326 e. The van der Waals surface area contributed by atoms with E-state index in [1.54, 1.807) is 23.5 Å². The van der Waals surface area contributed by atoms with Crippen molar-refractivity contribution in [3.05, 3.63) is 0 Å². The first-order valence-electron chi connectivity index (χ1n) is 5.45. The van der Waals surface area contributed by atoms with Gasteiger partial charge in [0.25, 0.3) is 0 Å². The normalized spacial score (nSPS) is 11.9. The number of aliphatic carboxylic acids is 1. The summed E-state index contributed by atoms with van der Waals surface area (Å²) >= 11 is 3.29. The fraction of sp³-hybridized carbons (Fsp3) is 0.800. The van der Waals surface area contributed by atoms with E-state index in [4.69, 9.17) is 5.11 Å². The van der Waals surface area contributed by atoms with Crippen molar-refractivity contribution < 1.29 is 14.7 Å². The molecule has 100 valence electrons. The summed E-state index contributed by atoms with van der Waals surface area (Å²) in [5.74, 6) is 1.57. The quantitative estimate of drug-likeness (QED) is 0.554. The molecule has 0 aromatic heterocycles. The van der Waals surface area contributed by atoms with E-state index in [2.05, 4.69) is 10.6 Å². The van der Waals surface area contributed by atoms with Crippen LogP contribution in [0.3, 0.4) is 0 Å². The van der Waals surface area contributed by atoms with E-state index in [-0.39, 0.29) is 0 Å². The predicted octanol–water partition coefficient (Wildman–Crippen LogP) is 1.24. The van der Waals surface area contributed by atoms with Gasteiger partial charge in [-0.1, -0.05) is 6.92 Å². The standard InChI is InChI=1S/C10H20N2O3S2/c1-3-17-7-5-11-10(15)12-8(9(13)14)4-6-16-2/h8H,3-7H2,1-2H3,(H,13,14)(H2,11,12,15). The molecule has 0 fully saturated rings. The summed E-state index contributed by atoms with van der Waals surface area (Å²) in [5.41, 5.74) is 0. The Morgan fingerprint density at radius 3 is 2.59 bits per heavy atom. The molecule has 0 aliphatic rings. The lowest BCUT2D eigenvalue weighted by molar-refractivity contribution is -0.139. The van der Waals surface area contributed by atoms with Crippen molar-refractivity contribution in [1.82, 2.24) is 10.6 Å². The third-order valence-electron chi connectivity index (χ3n) is 1.95. The number of carboxylic acid groups (broad SMARTS) is 1. The molecule has 7 heteroatoms. The Morgan fingerprint density at radius 2 is 2.06 bits per heavy atom. The second kappa shape index (κ2) is 10.6. The van der Waals surface area contributed by atoms with Crippen molar-refractivity contribution in [2.75, 3.05) is 30.1 Å². The molecule has 2 amide bonds. The number of thioether (sulfide) groups is 2. The van der Waals surface area contributed by atoms with Gasteiger partial charge in [-0.3, -0.25) is 0 Å². The van der Waals surface area contributed by atoms with Crippen LogP contribution in [0.5, 0.6) is 0 Å². The van der Waals surface area contributed by atoms with Gasteiger partial charge in [0, 0.05) is 12.3 Å². The molecule has 3 N–H and O–H groups in total. The first-order chi connectivity index (χ1) is 8.11. The number of rotatable bonds is 9. The molecule has 0 radical (unpaired) electrons. The molecule has 1 unspecified atom stereocenters. The number of hydrogen-bond acceptors (Lipinski definition) is 4. The molecule has 1 atom stereocenters. The minimum absolute atomic E-state index is 0.407. The van der Waals surface area contributed by atoms with Gasteiger partial charge in [-0.2, -0.15) is 23.5 Å². The molecule has 0 spiro atoms. The zero-order valence-electron chi connectivity index (χ0n) is 10.2. The molecular weight excluding hydrogens is 260 g/mol. The van der Waals surface area contributed by atoms with Gasteiger partial charge < -0.3 is 15.7 Å². The molecule has 0 saturated carbocycles. The number of carbonyl (C=O) groups excluding carboxylic acids is 1. The van der Waals surface area contributed by atoms with Gasteiger partial charge >= 0.3 is 12.0 Å². The van der Waals surface area contributed by atoms with Gasteiger partial charge in [0.2, 0.25) is 0 Å². The van der Waals surface area contributed by atoms with Crippen LogP contribution in [0, 0.1) is 0 Å². The Hall–Kier alpha value is -0.560. The van der Waals surface area contributed by atoms with Crippen molar-refractivity contribution in [3.63, 3.8) is 0 Å². The Balaban J connectivity index is 3.83. The van der Waals surface area contributed by atoms with Crippen LogP contribution in [0.25, 0.3) is 0 Å². The highest BCUT2D eigenvalue weighted by Gasteiger charge is 2.18. The first kappa shape index (κ1) is 16.4. The highest BCUT2D eigenvalue weighted by Crippen LogP contribution is 2.01. The molecule has 0 aromatic carbocycles. The average Bonchev–Trinajstić information content (AvgIpc) is 2.29. The molecule has 0 saturated heterocycles. The highest BCUT2D eigenvalue weighted by molar-refractivity contribution is 7.99. The molecule has 0 bridgehead atoms. The second-order valence-electron chi connectivity index (χ2n) is 3.27. The molecule has 0 heterocycles. The van der Waals surface area contributed by atoms with Crippen LogP contribution >= 0.6 is 23.5 Å². The molecule has 0 rings (SSSR count). The predicted molar refractivity (Wildman–Crippen MR) is 74.0 cm³/mol. The summed E-state index contributed by atoms with van der Waals surface area (Å²) < 4.78 is 0. The van der Waals surface area contributed by atoms with Gasteiger partial charge in [0.15, 0.2) is 0 Å². The lowest BCUT2D eigenvalue weighted by Crippen LogP contribution is -2.46. The molecule has 0 aliphatic carbocycles. The zero-order valence-corrected chi connectivity index (χ0v) is 11.8. The van der Waals surface area contributed by atoms with Gasteiger partial charge in [-0.15, -0.1) is 0 Å². The summed E-state index contributed by atoms with van der Waals surface area (Å²) in [6, 6.07) is -1.21. The molecule has 17 heavy (non-hydrogen) atoms. The number of amides is 2.